The molecular weight excluding hydrogens is 412 g/mol. The van der Waals surface area contributed by atoms with E-state index < -0.39 is 17.2 Å². The first-order valence-electron chi connectivity index (χ1n) is 10.1. The first kappa shape index (κ1) is 22.6. The van der Waals surface area contributed by atoms with Crippen LogP contribution in [-0.4, -0.2) is 33.3 Å². The molecule has 0 fully saturated rings. The number of nitrogens with zero attached hydrogens (tertiary/aromatic N) is 2. The lowest BCUT2D eigenvalue weighted by Crippen LogP contribution is -2.43. The standard InChI is InChI=1S/C23H26N4O3S/c1-14(2)13-24-22(30)26-20(28)16(4)31-23-25-18-11-7-6-10-17(18)21(29)27(23)19-12-8-5-9-15(19)3/h5-12,14,16H,13H2,1-4H3,(H2,24,26,28,30). The van der Waals surface area contributed by atoms with Crippen molar-refractivity contribution in [1.29, 1.82) is 0 Å². The van der Waals surface area contributed by atoms with Crippen molar-refractivity contribution in [1.82, 2.24) is 20.2 Å². The zero-order valence-electron chi connectivity index (χ0n) is 18.0. The second-order valence-electron chi connectivity index (χ2n) is 7.69. The van der Waals surface area contributed by atoms with Crippen LogP contribution in [0.1, 0.15) is 26.3 Å². The third-order valence-electron chi connectivity index (χ3n) is 4.66. The number of carbonyl (C=O) groups is 2. The summed E-state index contributed by atoms with van der Waals surface area (Å²) < 4.78 is 1.53. The van der Waals surface area contributed by atoms with E-state index in [2.05, 4.69) is 15.6 Å². The Labute approximate surface area is 185 Å². The van der Waals surface area contributed by atoms with Gasteiger partial charge in [0.05, 0.1) is 21.8 Å². The highest BCUT2D eigenvalue weighted by Gasteiger charge is 2.22. The lowest BCUT2D eigenvalue weighted by atomic mass is 10.2. The molecule has 31 heavy (non-hydrogen) atoms. The number of fused-ring (bicyclic) bond motifs is 1. The largest absolute Gasteiger partial charge is 0.338 e. The number of hydrogen-bond donors (Lipinski definition) is 2. The molecule has 3 amide bonds. The second kappa shape index (κ2) is 9.78. The molecule has 1 atom stereocenters. The molecule has 162 valence electrons. The number of urea groups is 1. The van der Waals surface area contributed by atoms with Crippen molar-refractivity contribution in [2.24, 2.45) is 5.92 Å². The summed E-state index contributed by atoms with van der Waals surface area (Å²) in [5.41, 5.74) is 1.97. The fourth-order valence-corrected chi connectivity index (χ4v) is 3.90. The quantitative estimate of drug-likeness (QED) is 0.453. The van der Waals surface area contributed by atoms with Gasteiger partial charge >= 0.3 is 6.03 Å². The van der Waals surface area contributed by atoms with E-state index in [1.807, 2.05) is 51.1 Å². The van der Waals surface area contributed by atoms with Gasteiger partial charge in [-0.25, -0.2) is 9.78 Å². The molecule has 0 radical (unpaired) electrons. The number of nitrogens with one attached hydrogen (secondary N) is 2. The fourth-order valence-electron chi connectivity index (χ4n) is 2.98. The van der Waals surface area contributed by atoms with Crippen LogP contribution in [0.5, 0.6) is 0 Å². The Balaban J connectivity index is 1.95. The summed E-state index contributed by atoms with van der Waals surface area (Å²) in [6.07, 6.45) is 0. The lowest BCUT2D eigenvalue weighted by molar-refractivity contribution is -0.119. The van der Waals surface area contributed by atoms with E-state index >= 15 is 0 Å². The smallest absolute Gasteiger partial charge is 0.321 e. The molecule has 0 spiro atoms. The lowest BCUT2D eigenvalue weighted by Gasteiger charge is -2.17. The van der Waals surface area contributed by atoms with Crippen LogP contribution in [0.25, 0.3) is 16.6 Å². The Bertz CT molecular complexity index is 1170. The van der Waals surface area contributed by atoms with E-state index in [0.717, 1.165) is 17.3 Å². The summed E-state index contributed by atoms with van der Waals surface area (Å²) in [5, 5.41) is 5.26. The van der Waals surface area contributed by atoms with Crippen LogP contribution in [0.15, 0.2) is 58.5 Å². The van der Waals surface area contributed by atoms with Gasteiger partial charge in [-0.05, 0) is 43.5 Å². The summed E-state index contributed by atoms with van der Waals surface area (Å²) in [7, 11) is 0. The van der Waals surface area contributed by atoms with Crippen LogP contribution in [0.2, 0.25) is 0 Å². The minimum Gasteiger partial charge on any atom is -0.338 e. The predicted molar refractivity (Wildman–Crippen MR) is 124 cm³/mol. The molecule has 0 bridgehead atoms. The van der Waals surface area contributed by atoms with Crippen LogP contribution in [0, 0.1) is 12.8 Å². The number of benzene rings is 2. The van der Waals surface area contributed by atoms with Crippen molar-refractivity contribution in [3.63, 3.8) is 0 Å². The third kappa shape index (κ3) is 5.32. The molecular formula is C23H26N4O3S. The first-order chi connectivity index (χ1) is 14.8. The highest BCUT2D eigenvalue weighted by molar-refractivity contribution is 8.00. The first-order valence-corrected chi connectivity index (χ1v) is 11.0. The highest BCUT2D eigenvalue weighted by Crippen LogP contribution is 2.26. The SMILES string of the molecule is Cc1ccccc1-n1c(SC(C)C(=O)NC(=O)NCC(C)C)nc2ccccc2c1=O. The molecule has 8 heteroatoms. The number of amides is 3. The Hall–Kier alpha value is -3.13. The van der Waals surface area contributed by atoms with Gasteiger partial charge in [-0.15, -0.1) is 0 Å². The van der Waals surface area contributed by atoms with Gasteiger partial charge in [-0.2, -0.15) is 0 Å². The molecule has 2 N–H and O–H groups in total. The number of aryl methyl sites for hydroxylation is 1. The molecule has 0 aliphatic heterocycles. The van der Waals surface area contributed by atoms with Crippen LogP contribution < -0.4 is 16.2 Å². The number of aromatic nitrogens is 2. The van der Waals surface area contributed by atoms with Gasteiger partial charge in [-0.1, -0.05) is 55.9 Å². The zero-order chi connectivity index (χ0) is 22.5. The minimum atomic E-state index is -0.645. The van der Waals surface area contributed by atoms with E-state index in [1.165, 1.54) is 4.57 Å². The topological polar surface area (TPSA) is 93.1 Å². The summed E-state index contributed by atoms with van der Waals surface area (Å²) >= 11 is 1.14. The van der Waals surface area contributed by atoms with Gasteiger partial charge in [0.1, 0.15) is 0 Å². The fraction of sp³-hybridized carbons (Fsp3) is 0.304. The third-order valence-corrected chi connectivity index (χ3v) is 5.71. The number of thioether (sulfide) groups is 1. The molecule has 0 aliphatic carbocycles. The molecule has 3 rings (SSSR count). The average molecular weight is 439 g/mol. The Morgan fingerprint density at radius 1 is 1.06 bits per heavy atom. The van der Waals surface area contributed by atoms with Crippen LogP contribution in [-0.2, 0) is 4.79 Å². The van der Waals surface area contributed by atoms with Crippen LogP contribution >= 0.6 is 11.8 Å². The van der Waals surface area contributed by atoms with Gasteiger partial charge < -0.3 is 5.32 Å². The molecule has 0 aliphatic rings. The zero-order valence-corrected chi connectivity index (χ0v) is 18.8. The van der Waals surface area contributed by atoms with Crippen molar-refractivity contribution in [2.75, 3.05) is 6.54 Å². The van der Waals surface area contributed by atoms with Gasteiger partial charge in [0.15, 0.2) is 5.16 Å². The Morgan fingerprint density at radius 3 is 2.45 bits per heavy atom. The highest BCUT2D eigenvalue weighted by atomic mass is 32.2. The number of para-hydroxylation sites is 2. The summed E-state index contributed by atoms with van der Waals surface area (Å²) in [4.78, 5) is 42.5. The molecule has 1 unspecified atom stereocenters. The Kier molecular flexibility index (Phi) is 7.12. The van der Waals surface area contributed by atoms with Crippen molar-refractivity contribution in [3.8, 4) is 5.69 Å². The molecule has 3 aromatic rings. The van der Waals surface area contributed by atoms with Gasteiger partial charge in [0.25, 0.3) is 5.56 Å². The van der Waals surface area contributed by atoms with E-state index in [0.29, 0.717) is 28.3 Å². The summed E-state index contributed by atoms with van der Waals surface area (Å²) in [6, 6.07) is 14.1. The molecule has 0 saturated carbocycles. The van der Waals surface area contributed by atoms with Crippen molar-refractivity contribution < 1.29 is 9.59 Å². The normalized spacial score (nSPS) is 12.0. The monoisotopic (exact) mass is 438 g/mol. The molecule has 0 saturated heterocycles. The van der Waals surface area contributed by atoms with Crippen LogP contribution in [0.4, 0.5) is 4.79 Å². The maximum atomic E-state index is 13.3. The van der Waals surface area contributed by atoms with E-state index in [-0.39, 0.29) is 11.5 Å². The predicted octanol–water partition coefficient (Wildman–Crippen LogP) is 3.66. The van der Waals surface area contributed by atoms with Gasteiger partial charge in [0, 0.05) is 6.54 Å². The maximum absolute atomic E-state index is 13.3. The molecule has 1 heterocycles. The number of rotatable bonds is 6. The molecule has 7 nitrogen and oxygen atoms in total. The number of carbonyl (C=O) groups excluding carboxylic acids is 2. The van der Waals surface area contributed by atoms with Crippen molar-refractivity contribution >= 4 is 34.6 Å². The Morgan fingerprint density at radius 2 is 1.74 bits per heavy atom. The van der Waals surface area contributed by atoms with E-state index in [4.69, 9.17) is 0 Å². The maximum Gasteiger partial charge on any atom is 0.321 e. The number of hydrogen-bond acceptors (Lipinski definition) is 5. The molecule has 1 aromatic heterocycles. The summed E-state index contributed by atoms with van der Waals surface area (Å²) in [5.74, 6) is -0.178. The van der Waals surface area contributed by atoms with Gasteiger partial charge in [-0.3, -0.25) is 19.5 Å². The number of imide groups is 1. The van der Waals surface area contributed by atoms with E-state index in [1.54, 1.807) is 25.1 Å². The van der Waals surface area contributed by atoms with Crippen molar-refractivity contribution in [3.05, 3.63) is 64.4 Å². The van der Waals surface area contributed by atoms with Crippen LogP contribution in [0.3, 0.4) is 0 Å². The summed E-state index contributed by atoms with van der Waals surface area (Å²) in [6.45, 7) is 8.01. The van der Waals surface area contributed by atoms with E-state index in [9.17, 15) is 14.4 Å². The van der Waals surface area contributed by atoms with Gasteiger partial charge in [0.2, 0.25) is 5.91 Å². The van der Waals surface area contributed by atoms with Crippen molar-refractivity contribution in [2.45, 2.75) is 38.1 Å². The second-order valence-corrected chi connectivity index (χ2v) is 9.00. The molecule has 2 aromatic carbocycles. The minimum absolute atomic E-state index is 0.204. The average Bonchev–Trinajstić information content (AvgIpc) is 2.73.